The average molecular weight is 319 g/mol. The number of hydrogen-bond acceptors (Lipinski definition) is 3. The molecule has 1 aliphatic rings. The quantitative estimate of drug-likeness (QED) is 0.807. The number of hydrogen-bond donors (Lipinski definition) is 1. The van der Waals surface area contributed by atoms with Gasteiger partial charge in [0.25, 0.3) is 5.91 Å². The van der Waals surface area contributed by atoms with Gasteiger partial charge in [-0.3, -0.25) is 4.79 Å². The van der Waals surface area contributed by atoms with Crippen molar-refractivity contribution >= 4 is 11.6 Å². The minimum atomic E-state index is -0.652. The molecule has 1 N–H and O–H groups in total. The van der Waals surface area contributed by atoms with Crippen LogP contribution in [0.4, 0.5) is 5.69 Å². The maximum absolute atomic E-state index is 12.8. The molecule has 0 spiro atoms. The number of carbonyl (C=O) groups excluding carboxylic acids is 1. The SMILES string of the molecule is CCCOC1(C(=O)Nc2ccc(OCC)c(C)c2)CCCCC1. The van der Waals surface area contributed by atoms with Crippen LogP contribution in [0.5, 0.6) is 5.75 Å². The highest BCUT2D eigenvalue weighted by molar-refractivity contribution is 5.97. The van der Waals surface area contributed by atoms with Gasteiger partial charge in [0.15, 0.2) is 0 Å². The van der Waals surface area contributed by atoms with Gasteiger partial charge in [-0.2, -0.15) is 0 Å². The molecule has 1 aromatic carbocycles. The summed E-state index contributed by atoms with van der Waals surface area (Å²) in [5.41, 5.74) is 1.18. The van der Waals surface area contributed by atoms with Crippen molar-refractivity contribution in [3.05, 3.63) is 23.8 Å². The van der Waals surface area contributed by atoms with Gasteiger partial charge in [0, 0.05) is 12.3 Å². The van der Waals surface area contributed by atoms with Crippen LogP contribution < -0.4 is 10.1 Å². The summed E-state index contributed by atoms with van der Waals surface area (Å²) >= 11 is 0. The Morgan fingerprint density at radius 1 is 1.22 bits per heavy atom. The lowest BCUT2D eigenvalue weighted by molar-refractivity contribution is -0.146. The average Bonchev–Trinajstić information content (AvgIpc) is 2.56. The molecule has 23 heavy (non-hydrogen) atoms. The minimum Gasteiger partial charge on any atom is -0.494 e. The molecule has 2 rings (SSSR count). The van der Waals surface area contributed by atoms with Crippen LogP contribution in [0, 0.1) is 6.92 Å². The molecule has 1 aliphatic carbocycles. The van der Waals surface area contributed by atoms with Crippen molar-refractivity contribution in [1.29, 1.82) is 0 Å². The first kappa shape index (κ1) is 17.8. The van der Waals surface area contributed by atoms with E-state index in [0.717, 1.165) is 49.1 Å². The van der Waals surface area contributed by atoms with Gasteiger partial charge in [-0.05, 0) is 56.9 Å². The standard InChI is InChI=1S/C19H29NO3/c1-4-13-23-19(11-7-6-8-12-19)18(21)20-16-9-10-17(22-5-2)15(3)14-16/h9-10,14H,4-8,11-13H2,1-3H3,(H,20,21). The monoisotopic (exact) mass is 319 g/mol. The van der Waals surface area contributed by atoms with Gasteiger partial charge >= 0.3 is 0 Å². The number of benzene rings is 1. The molecule has 0 saturated heterocycles. The molecule has 0 heterocycles. The Balaban J connectivity index is 2.10. The van der Waals surface area contributed by atoms with Gasteiger partial charge in [0.05, 0.1) is 6.61 Å². The van der Waals surface area contributed by atoms with E-state index in [1.807, 2.05) is 32.0 Å². The van der Waals surface area contributed by atoms with Crippen LogP contribution in [0.25, 0.3) is 0 Å². The summed E-state index contributed by atoms with van der Waals surface area (Å²) in [5.74, 6) is 0.856. The minimum absolute atomic E-state index is 0.00536. The van der Waals surface area contributed by atoms with E-state index in [1.165, 1.54) is 6.42 Å². The predicted molar refractivity (Wildman–Crippen MR) is 93.0 cm³/mol. The lowest BCUT2D eigenvalue weighted by atomic mass is 9.83. The molecule has 4 heteroatoms. The summed E-state index contributed by atoms with van der Waals surface area (Å²) in [6.45, 7) is 7.30. The zero-order valence-electron chi connectivity index (χ0n) is 14.6. The second kappa shape index (κ2) is 8.34. The number of nitrogens with one attached hydrogen (secondary N) is 1. The Hall–Kier alpha value is -1.55. The third-order valence-corrected chi connectivity index (χ3v) is 4.39. The van der Waals surface area contributed by atoms with Gasteiger partial charge in [-0.15, -0.1) is 0 Å². The van der Waals surface area contributed by atoms with E-state index in [9.17, 15) is 4.79 Å². The molecule has 0 radical (unpaired) electrons. The summed E-state index contributed by atoms with van der Waals surface area (Å²) in [6, 6.07) is 5.76. The molecule has 128 valence electrons. The molecule has 0 bridgehead atoms. The van der Waals surface area contributed by atoms with E-state index in [2.05, 4.69) is 12.2 Å². The summed E-state index contributed by atoms with van der Waals surface area (Å²) < 4.78 is 11.6. The fourth-order valence-corrected chi connectivity index (χ4v) is 3.15. The highest BCUT2D eigenvalue weighted by atomic mass is 16.5. The van der Waals surface area contributed by atoms with Crippen LogP contribution in [0.15, 0.2) is 18.2 Å². The first-order valence-corrected chi connectivity index (χ1v) is 8.80. The fourth-order valence-electron chi connectivity index (χ4n) is 3.15. The summed E-state index contributed by atoms with van der Waals surface area (Å²) in [6.07, 6.45) is 5.85. The molecule has 1 fully saturated rings. The van der Waals surface area contributed by atoms with E-state index < -0.39 is 5.60 Å². The molecule has 0 aromatic heterocycles. The van der Waals surface area contributed by atoms with E-state index in [4.69, 9.17) is 9.47 Å². The maximum Gasteiger partial charge on any atom is 0.256 e. The molecule has 0 aliphatic heterocycles. The van der Waals surface area contributed by atoms with Gasteiger partial charge in [-0.25, -0.2) is 0 Å². The van der Waals surface area contributed by atoms with E-state index in [0.29, 0.717) is 13.2 Å². The van der Waals surface area contributed by atoms with Crippen LogP contribution in [0.2, 0.25) is 0 Å². The number of anilines is 1. The second-order valence-corrected chi connectivity index (χ2v) is 6.27. The van der Waals surface area contributed by atoms with Crippen LogP contribution in [0.1, 0.15) is 57.9 Å². The molecule has 1 saturated carbocycles. The van der Waals surface area contributed by atoms with Gasteiger partial charge in [0.2, 0.25) is 0 Å². The first-order valence-electron chi connectivity index (χ1n) is 8.80. The van der Waals surface area contributed by atoms with Crippen molar-refractivity contribution in [2.24, 2.45) is 0 Å². The van der Waals surface area contributed by atoms with Crippen molar-refractivity contribution in [2.75, 3.05) is 18.5 Å². The van der Waals surface area contributed by atoms with Crippen LogP contribution in [-0.2, 0) is 9.53 Å². The molecular formula is C19H29NO3. The molecule has 4 nitrogen and oxygen atoms in total. The second-order valence-electron chi connectivity index (χ2n) is 6.27. The van der Waals surface area contributed by atoms with Crippen LogP contribution in [0.3, 0.4) is 0 Å². The fraction of sp³-hybridized carbons (Fsp3) is 0.632. The lowest BCUT2D eigenvalue weighted by Gasteiger charge is -2.35. The zero-order valence-corrected chi connectivity index (χ0v) is 14.6. The highest BCUT2D eigenvalue weighted by Crippen LogP contribution is 2.33. The Kier molecular flexibility index (Phi) is 6.46. The Labute approximate surface area is 139 Å². The Morgan fingerprint density at radius 2 is 1.96 bits per heavy atom. The summed E-state index contributed by atoms with van der Waals surface area (Å²) in [4.78, 5) is 12.8. The smallest absolute Gasteiger partial charge is 0.256 e. The third-order valence-electron chi connectivity index (χ3n) is 4.39. The lowest BCUT2D eigenvalue weighted by Crippen LogP contribution is -2.47. The van der Waals surface area contributed by atoms with Crippen molar-refractivity contribution in [2.45, 2.75) is 64.9 Å². The molecule has 0 atom stereocenters. The summed E-state index contributed by atoms with van der Waals surface area (Å²) in [7, 11) is 0. The predicted octanol–water partition coefficient (Wildman–Crippen LogP) is 4.46. The maximum atomic E-state index is 12.8. The van der Waals surface area contributed by atoms with Crippen molar-refractivity contribution in [3.8, 4) is 5.75 Å². The Bertz CT molecular complexity index is 521. The van der Waals surface area contributed by atoms with Crippen molar-refractivity contribution < 1.29 is 14.3 Å². The van der Waals surface area contributed by atoms with Gasteiger partial charge < -0.3 is 14.8 Å². The van der Waals surface area contributed by atoms with E-state index in [1.54, 1.807) is 0 Å². The van der Waals surface area contributed by atoms with Crippen LogP contribution >= 0.6 is 0 Å². The summed E-state index contributed by atoms with van der Waals surface area (Å²) in [5, 5.41) is 3.05. The van der Waals surface area contributed by atoms with E-state index >= 15 is 0 Å². The van der Waals surface area contributed by atoms with Gasteiger partial charge in [-0.1, -0.05) is 26.2 Å². The normalized spacial score (nSPS) is 16.8. The van der Waals surface area contributed by atoms with Crippen LogP contribution in [-0.4, -0.2) is 24.7 Å². The highest BCUT2D eigenvalue weighted by Gasteiger charge is 2.40. The number of aryl methyl sites for hydroxylation is 1. The zero-order chi connectivity index (χ0) is 16.7. The Morgan fingerprint density at radius 3 is 2.57 bits per heavy atom. The largest absolute Gasteiger partial charge is 0.494 e. The third kappa shape index (κ3) is 4.47. The number of rotatable bonds is 7. The first-order chi connectivity index (χ1) is 11.1. The van der Waals surface area contributed by atoms with E-state index in [-0.39, 0.29) is 5.91 Å². The van der Waals surface area contributed by atoms with Crippen molar-refractivity contribution in [1.82, 2.24) is 0 Å². The number of amides is 1. The number of ether oxygens (including phenoxy) is 2. The van der Waals surface area contributed by atoms with Crippen molar-refractivity contribution in [3.63, 3.8) is 0 Å². The molecule has 0 unspecified atom stereocenters. The molecule has 1 amide bonds. The molecule has 1 aromatic rings. The topological polar surface area (TPSA) is 47.6 Å². The number of carbonyl (C=O) groups is 1. The van der Waals surface area contributed by atoms with Gasteiger partial charge in [0.1, 0.15) is 11.4 Å². The molecular weight excluding hydrogens is 290 g/mol.